The quantitative estimate of drug-likeness (QED) is 0.460. The molecule has 0 aliphatic rings. The lowest BCUT2D eigenvalue weighted by atomic mass is 10.0. The second-order valence-corrected chi connectivity index (χ2v) is 7.39. The molecule has 0 saturated carbocycles. The van der Waals surface area contributed by atoms with E-state index in [9.17, 15) is 0 Å². The van der Waals surface area contributed by atoms with Crippen molar-refractivity contribution in [2.45, 2.75) is 32.9 Å². The number of benzene rings is 1. The molecule has 25 heavy (non-hydrogen) atoms. The number of rotatable bonds is 3. The Morgan fingerprint density at radius 1 is 1.12 bits per heavy atom. The number of fused-ring (bicyclic) bond motifs is 2. The molecule has 0 unspecified atom stereocenters. The molecule has 3 heterocycles. The lowest BCUT2D eigenvalue weighted by molar-refractivity contribution is 0.422. The van der Waals surface area contributed by atoms with Gasteiger partial charge in [-0.2, -0.15) is 5.10 Å². The second-order valence-electron chi connectivity index (χ2n) is 7.39. The molecule has 0 radical (unpaired) electrons. The molecule has 0 aliphatic carbocycles. The van der Waals surface area contributed by atoms with E-state index in [4.69, 9.17) is 5.73 Å². The maximum Gasteiger partial charge on any atom is 0.153 e. The van der Waals surface area contributed by atoms with E-state index in [1.807, 2.05) is 18.3 Å². The third-order valence-corrected chi connectivity index (χ3v) is 4.30. The van der Waals surface area contributed by atoms with Crippen LogP contribution in [0.2, 0.25) is 0 Å². The maximum absolute atomic E-state index is 5.95. The van der Waals surface area contributed by atoms with E-state index in [1.54, 1.807) is 0 Å². The Hall–Kier alpha value is -2.86. The highest BCUT2D eigenvalue weighted by atomic mass is 15.1. The summed E-state index contributed by atoms with van der Waals surface area (Å²) in [7, 11) is 0. The van der Waals surface area contributed by atoms with Gasteiger partial charge in [-0.15, -0.1) is 0 Å². The Morgan fingerprint density at radius 2 is 1.96 bits per heavy atom. The fraction of sp³-hybridized carbons (Fsp3) is 0.263. The molecule has 128 valence electrons. The minimum Gasteiger partial charge on any atom is -0.382 e. The average molecular weight is 334 g/mol. The molecule has 5 N–H and O–H groups in total. The first kappa shape index (κ1) is 15.7. The van der Waals surface area contributed by atoms with Crippen LogP contribution in [0.25, 0.3) is 33.1 Å². The minimum absolute atomic E-state index is 0.0669. The normalized spacial score (nSPS) is 12.3. The molecule has 4 aromatic rings. The molecule has 1 aromatic carbocycles. The van der Waals surface area contributed by atoms with Gasteiger partial charge in [0.15, 0.2) is 5.82 Å². The summed E-state index contributed by atoms with van der Waals surface area (Å²) >= 11 is 0. The summed E-state index contributed by atoms with van der Waals surface area (Å²) in [5, 5.41) is 12.5. The van der Waals surface area contributed by atoms with Gasteiger partial charge in [0.05, 0.1) is 5.52 Å². The van der Waals surface area contributed by atoms with Gasteiger partial charge < -0.3 is 16.0 Å². The fourth-order valence-electron chi connectivity index (χ4n) is 2.99. The van der Waals surface area contributed by atoms with E-state index in [0.717, 1.165) is 45.3 Å². The molecule has 3 aromatic heterocycles. The van der Waals surface area contributed by atoms with Crippen molar-refractivity contribution in [2.75, 3.05) is 5.73 Å². The minimum atomic E-state index is 0.0669. The van der Waals surface area contributed by atoms with Gasteiger partial charge in [-0.3, -0.25) is 5.10 Å². The largest absolute Gasteiger partial charge is 0.382 e. The van der Waals surface area contributed by atoms with Crippen molar-refractivity contribution < 1.29 is 0 Å². The van der Waals surface area contributed by atoms with E-state index in [-0.39, 0.29) is 5.54 Å². The fourth-order valence-corrected chi connectivity index (χ4v) is 2.99. The predicted molar refractivity (Wildman–Crippen MR) is 102 cm³/mol. The van der Waals surface area contributed by atoms with Gasteiger partial charge in [0.2, 0.25) is 0 Å². The second kappa shape index (κ2) is 5.60. The first-order chi connectivity index (χ1) is 11.9. The molecule has 0 atom stereocenters. The summed E-state index contributed by atoms with van der Waals surface area (Å²) in [5.41, 5.74) is 11.2. The van der Waals surface area contributed by atoms with Crippen LogP contribution in [-0.4, -0.2) is 25.7 Å². The summed E-state index contributed by atoms with van der Waals surface area (Å²) in [5.74, 6) is 0.520. The Labute approximate surface area is 145 Å². The average Bonchev–Trinajstić information content (AvgIpc) is 3.15. The van der Waals surface area contributed by atoms with E-state index >= 15 is 0 Å². The molecule has 0 aliphatic heterocycles. The Morgan fingerprint density at radius 3 is 2.76 bits per heavy atom. The number of hydrogen-bond acceptors (Lipinski definition) is 4. The molecule has 0 amide bonds. The molecule has 4 rings (SSSR count). The number of hydrogen-bond donors (Lipinski definition) is 4. The van der Waals surface area contributed by atoms with Crippen molar-refractivity contribution >= 4 is 27.8 Å². The van der Waals surface area contributed by atoms with E-state index < -0.39 is 0 Å². The van der Waals surface area contributed by atoms with Crippen LogP contribution in [0.3, 0.4) is 0 Å². The van der Waals surface area contributed by atoms with E-state index in [1.165, 1.54) is 0 Å². The zero-order valence-corrected chi connectivity index (χ0v) is 14.6. The first-order valence-electron chi connectivity index (χ1n) is 8.36. The summed E-state index contributed by atoms with van der Waals surface area (Å²) in [6.07, 6.45) is 1.83. The number of nitrogens with zero attached hydrogens (tertiary/aromatic N) is 2. The highest BCUT2D eigenvalue weighted by Gasteiger charge is 2.13. The van der Waals surface area contributed by atoms with Crippen LogP contribution in [0, 0.1) is 0 Å². The number of nitrogen functional groups attached to an aromatic ring is 1. The van der Waals surface area contributed by atoms with Crippen LogP contribution >= 0.6 is 0 Å². The van der Waals surface area contributed by atoms with Crippen LogP contribution < -0.4 is 11.1 Å². The predicted octanol–water partition coefficient (Wildman–Crippen LogP) is 3.58. The smallest absolute Gasteiger partial charge is 0.153 e. The number of nitrogens with two attached hydrogens (primary N) is 1. The van der Waals surface area contributed by atoms with E-state index in [0.29, 0.717) is 5.82 Å². The van der Waals surface area contributed by atoms with Gasteiger partial charge in [-0.1, -0.05) is 6.07 Å². The van der Waals surface area contributed by atoms with Crippen molar-refractivity contribution in [1.29, 1.82) is 0 Å². The molecule has 0 spiro atoms. The van der Waals surface area contributed by atoms with Gasteiger partial charge in [0.25, 0.3) is 0 Å². The zero-order valence-electron chi connectivity index (χ0n) is 14.6. The molecule has 6 nitrogen and oxygen atoms in total. The topological polar surface area (TPSA) is 95.4 Å². The summed E-state index contributed by atoms with van der Waals surface area (Å²) in [6.45, 7) is 7.24. The number of aromatic nitrogens is 4. The number of H-pyrrole nitrogens is 2. The highest BCUT2D eigenvalue weighted by molar-refractivity contribution is 5.98. The number of anilines is 1. The molecule has 0 saturated heterocycles. The third kappa shape index (κ3) is 2.96. The standard InChI is InChI=1S/C19H22N6/c1-19(2,3)22-10-12-9-14-13(6-7-21-18(14)23-12)11-4-5-16-15(8-11)17(20)25-24-16/h4-9,22H,10H2,1-3H3,(H,21,23)(H3,20,24,25). The Bertz CT molecular complexity index is 1050. The highest BCUT2D eigenvalue weighted by Crippen LogP contribution is 2.31. The molecule has 6 heteroatoms. The van der Waals surface area contributed by atoms with Crippen LogP contribution in [0.4, 0.5) is 5.82 Å². The van der Waals surface area contributed by atoms with Crippen LogP contribution in [0.5, 0.6) is 0 Å². The van der Waals surface area contributed by atoms with Gasteiger partial charge >= 0.3 is 0 Å². The SMILES string of the molecule is CC(C)(C)NCc1cc2c(-c3ccc4[nH]nc(N)c4c3)ccnc2[nH]1. The van der Waals surface area contributed by atoms with Gasteiger partial charge in [0, 0.05) is 34.7 Å². The number of nitrogens with one attached hydrogen (secondary N) is 3. The van der Waals surface area contributed by atoms with Crippen molar-refractivity contribution in [3.63, 3.8) is 0 Å². The molecular weight excluding hydrogens is 312 g/mol. The Balaban J connectivity index is 1.78. The van der Waals surface area contributed by atoms with Gasteiger partial charge in [0.1, 0.15) is 5.65 Å². The lowest BCUT2D eigenvalue weighted by Crippen LogP contribution is -2.35. The zero-order chi connectivity index (χ0) is 17.6. The van der Waals surface area contributed by atoms with Crippen LogP contribution in [0.1, 0.15) is 26.5 Å². The summed E-state index contributed by atoms with van der Waals surface area (Å²) in [6, 6.07) is 10.4. The van der Waals surface area contributed by atoms with Crippen LogP contribution in [0.15, 0.2) is 36.5 Å². The van der Waals surface area contributed by atoms with Gasteiger partial charge in [-0.25, -0.2) is 4.98 Å². The summed E-state index contributed by atoms with van der Waals surface area (Å²) in [4.78, 5) is 7.88. The third-order valence-electron chi connectivity index (χ3n) is 4.30. The lowest BCUT2D eigenvalue weighted by Gasteiger charge is -2.19. The monoisotopic (exact) mass is 334 g/mol. The molecule has 0 bridgehead atoms. The van der Waals surface area contributed by atoms with Gasteiger partial charge in [-0.05, 0) is 56.2 Å². The van der Waals surface area contributed by atoms with Crippen molar-refractivity contribution in [2.24, 2.45) is 0 Å². The van der Waals surface area contributed by atoms with Crippen molar-refractivity contribution in [1.82, 2.24) is 25.5 Å². The maximum atomic E-state index is 5.95. The number of pyridine rings is 1. The van der Waals surface area contributed by atoms with Crippen molar-refractivity contribution in [3.05, 3.63) is 42.2 Å². The molecular formula is C19H22N6. The van der Waals surface area contributed by atoms with Crippen molar-refractivity contribution in [3.8, 4) is 11.1 Å². The number of aromatic amines is 2. The first-order valence-corrected chi connectivity index (χ1v) is 8.36. The summed E-state index contributed by atoms with van der Waals surface area (Å²) < 4.78 is 0. The Kier molecular flexibility index (Phi) is 3.51. The van der Waals surface area contributed by atoms with Crippen LogP contribution in [-0.2, 0) is 6.54 Å². The molecule has 0 fully saturated rings. The van der Waals surface area contributed by atoms with E-state index in [2.05, 4.69) is 64.5 Å².